The Morgan fingerprint density at radius 3 is 1.16 bits per heavy atom. The first-order valence-corrected chi connectivity index (χ1v) is 8.55. The van der Waals surface area contributed by atoms with Gasteiger partial charge < -0.3 is 19.8 Å². The minimum absolute atomic E-state index is 0. The largest absolute Gasteiger partial charge is 2.00 e. The molecule has 0 spiro atoms. The van der Waals surface area contributed by atoms with Gasteiger partial charge in [0.1, 0.15) is 0 Å². The molecule has 0 heterocycles. The number of aliphatic carboxylic acids is 2. The average molecular weight is 455 g/mol. The van der Waals surface area contributed by atoms with Gasteiger partial charge in [-0.05, 0) is 24.5 Å². The summed E-state index contributed by atoms with van der Waals surface area (Å²) in [6, 6.07) is 21.2. The number of rotatable bonds is 2. The molecule has 0 aliphatic carbocycles. The van der Waals surface area contributed by atoms with Crippen molar-refractivity contribution in [3.63, 3.8) is 0 Å². The average Bonchev–Trinajstić information content (AvgIpc) is 2.49. The molecule has 0 unspecified atom stereocenters. The van der Waals surface area contributed by atoms with Crippen molar-refractivity contribution in [2.24, 2.45) is 0 Å². The van der Waals surface area contributed by atoms with Crippen molar-refractivity contribution in [1.82, 2.24) is 0 Å². The van der Waals surface area contributed by atoms with Crippen LogP contribution in [0.2, 0.25) is 0 Å². The van der Waals surface area contributed by atoms with Crippen molar-refractivity contribution < 1.29 is 40.2 Å². The molecular weight excluding hydrogens is 430 g/mol. The zero-order chi connectivity index (χ0) is 18.8. The number of carbonyl (C=O) groups is 2. The molecule has 0 aromatic heterocycles. The summed E-state index contributed by atoms with van der Waals surface area (Å²) in [4.78, 5) is 17.8. The van der Waals surface area contributed by atoms with Crippen LogP contribution in [0.15, 0.2) is 60.7 Å². The first kappa shape index (κ1) is 28.3. The van der Waals surface area contributed by atoms with E-state index in [9.17, 15) is 0 Å². The standard InChI is InChI=1S/C12H11P.C3H8.2C2H4O2.Pd/c1-3-7-11(8-4-1)13-12-9-5-2-6-10-12;1-3-2;2*1-2(3)4;/h1-10,13H;3H2,1-2H3;2*1H3,(H,3,4);/q;;;;+2/p-2. The van der Waals surface area contributed by atoms with Crippen LogP contribution >= 0.6 is 8.58 Å². The molecule has 0 N–H and O–H groups in total. The molecule has 0 aliphatic heterocycles. The first-order chi connectivity index (χ1) is 11.3. The minimum Gasteiger partial charge on any atom is -0.550 e. The van der Waals surface area contributed by atoms with Gasteiger partial charge in [-0.25, -0.2) is 0 Å². The van der Waals surface area contributed by atoms with Crippen LogP contribution in [0, 0.1) is 0 Å². The molecule has 2 aromatic rings. The van der Waals surface area contributed by atoms with Gasteiger partial charge in [-0.15, -0.1) is 0 Å². The number of carboxylic acid groups (broad SMARTS) is 2. The SMILES string of the molecule is CC(=O)[O-].CC(=O)[O-].CCC.[Pd+2].c1ccc(Pc2ccccc2)cc1. The predicted molar refractivity (Wildman–Crippen MR) is 97.8 cm³/mol. The smallest absolute Gasteiger partial charge is 0.550 e. The maximum Gasteiger partial charge on any atom is 2.00 e. The Kier molecular flexibility index (Phi) is 23.2. The van der Waals surface area contributed by atoms with Gasteiger partial charge in [0.05, 0.1) is 0 Å². The van der Waals surface area contributed by atoms with E-state index in [2.05, 4.69) is 74.5 Å². The van der Waals surface area contributed by atoms with Crippen molar-refractivity contribution in [3.05, 3.63) is 60.7 Å². The Morgan fingerprint density at radius 2 is 0.960 bits per heavy atom. The molecule has 0 fully saturated rings. The van der Waals surface area contributed by atoms with Gasteiger partial charge in [0, 0.05) is 11.9 Å². The molecule has 140 valence electrons. The summed E-state index contributed by atoms with van der Waals surface area (Å²) in [5.74, 6) is -2.17. The normalized spacial score (nSPS) is 7.84. The molecule has 0 bridgehead atoms. The fourth-order valence-corrected chi connectivity index (χ4v) is 2.26. The molecule has 6 heteroatoms. The molecule has 4 nitrogen and oxygen atoms in total. The van der Waals surface area contributed by atoms with E-state index in [1.807, 2.05) is 0 Å². The summed E-state index contributed by atoms with van der Waals surface area (Å²) < 4.78 is 0. The van der Waals surface area contributed by atoms with E-state index >= 15 is 0 Å². The molecule has 2 rings (SSSR count). The van der Waals surface area contributed by atoms with E-state index in [4.69, 9.17) is 19.8 Å². The monoisotopic (exact) mass is 454 g/mol. The van der Waals surface area contributed by atoms with Crippen LogP contribution in [-0.4, -0.2) is 11.9 Å². The number of benzene rings is 2. The fraction of sp³-hybridized carbons (Fsp3) is 0.263. The van der Waals surface area contributed by atoms with Crippen LogP contribution in [0.4, 0.5) is 0 Å². The van der Waals surface area contributed by atoms with E-state index in [0.717, 1.165) is 22.4 Å². The summed E-state index contributed by atoms with van der Waals surface area (Å²) >= 11 is 0. The molecule has 0 aliphatic rings. The zero-order valence-electron chi connectivity index (χ0n) is 14.9. The summed E-state index contributed by atoms with van der Waals surface area (Å²) in [6.45, 7) is 6.19. The van der Waals surface area contributed by atoms with Gasteiger partial charge >= 0.3 is 20.4 Å². The van der Waals surface area contributed by atoms with Crippen LogP contribution in [-0.2, 0) is 30.0 Å². The second-order valence-corrected chi connectivity index (χ2v) is 5.95. The molecular formula is C19H25O4PPd. The first-order valence-electron chi connectivity index (χ1n) is 7.55. The molecule has 2 aromatic carbocycles. The molecule has 0 amide bonds. The van der Waals surface area contributed by atoms with Crippen LogP contribution < -0.4 is 20.8 Å². The molecule has 0 atom stereocenters. The fourth-order valence-electron chi connectivity index (χ4n) is 1.21. The van der Waals surface area contributed by atoms with Crippen molar-refractivity contribution in [3.8, 4) is 0 Å². The Balaban J connectivity index is -0.000000340. The molecule has 25 heavy (non-hydrogen) atoms. The summed E-state index contributed by atoms with van der Waals surface area (Å²) in [5, 5.41) is 20.6. The topological polar surface area (TPSA) is 80.3 Å². The van der Waals surface area contributed by atoms with Crippen molar-refractivity contribution in [2.75, 3.05) is 0 Å². The third-order valence-electron chi connectivity index (χ3n) is 1.84. The second-order valence-electron chi connectivity index (χ2n) is 4.55. The van der Waals surface area contributed by atoms with E-state index in [1.54, 1.807) is 0 Å². The quantitative estimate of drug-likeness (QED) is 0.505. The van der Waals surface area contributed by atoms with Gasteiger partial charge in [0.25, 0.3) is 0 Å². The number of carbonyl (C=O) groups excluding carboxylic acids is 2. The van der Waals surface area contributed by atoms with Gasteiger partial charge in [-0.3, -0.25) is 0 Å². The Morgan fingerprint density at radius 1 is 0.760 bits per heavy atom. The minimum atomic E-state index is -1.08. The van der Waals surface area contributed by atoms with Crippen LogP contribution in [0.3, 0.4) is 0 Å². The van der Waals surface area contributed by atoms with Crippen LogP contribution in [0.5, 0.6) is 0 Å². The Labute approximate surface area is 166 Å². The van der Waals surface area contributed by atoms with Crippen molar-refractivity contribution in [2.45, 2.75) is 34.1 Å². The number of hydrogen-bond acceptors (Lipinski definition) is 4. The number of hydrogen-bond donors (Lipinski definition) is 0. The van der Waals surface area contributed by atoms with Crippen molar-refractivity contribution in [1.29, 1.82) is 0 Å². The van der Waals surface area contributed by atoms with E-state index < -0.39 is 11.9 Å². The van der Waals surface area contributed by atoms with Gasteiger partial charge in [0.15, 0.2) is 0 Å². The maximum absolute atomic E-state index is 8.89. The van der Waals surface area contributed by atoms with E-state index in [0.29, 0.717) is 0 Å². The van der Waals surface area contributed by atoms with E-state index in [1.165, 1.54) is 17.0 Å². The summed E-state index contributed by atoms with van der Waals surface area (Å²) in [6.07, 6.45) is 1.25. The van der Waals surface area contributed by atoms with Crippen LogP contribution in [0.25, 0.3) is 0 Å². The van der Waals surface area contributed by atoms with Gasteiger partial charge in [-0.2, -0.15) is 0 Å². The van der Waals surface area contributed by atoms with Crippen LogP contribution in [0.1, 0.15) is 34.1 Å². The summed E-state index contributed by atoms with van der Waals surface area (Å²) in [5.41, 5.74) is 0. The Bertz CT molecular complexity index is 490. The number of carboxylic acids is 2. The third-order valence-corrected chi connectivity index (χ3v) is 3.08. The summed E-state index contributed by atoms with van der Waals surface area (Å²) in [7, 11) is 0.777. The maximum atomic E-state index is 8.89. The Hall–Kier alpha value is -1.53. The molecule has 0 radical (unpaired) electrons. The second kappa shape index (κ2) is 20.5. The van der Waals surface area contributed by atoms with Gasteiger partial charge in [-0.1, -0.05) is 89.5 Å². The predicted octanol–water partition coefficient (Wildman–Crippen LogP) is 1.24. The van der Waals surface area contributed by atoms with Gasteiger partial charge in [0.2, 0.25) is 0 Å². The van der Waals surface area contributed by atoms with Crippen molar-refractivity contribution >= 4 is 31.1 Å². The third kappa shape index (κ3) is 27.6. The van der Waals surface area contributed by atoms with E-state index in [-0.39, 0.29) is 20.4 Å². The molecule has 0 saturated heterocycles. The molecule has 0 saturated carbocycles. The zero-order valence-corrected chi connectivity index (χ0v) is 17.5.